The van der Waals surface area contributed by atoms with E-state index in [1.807, 2.05) is 54.6 Å². The van der Waals surface area contributed by atoms with E-state index in [-0.39, 0.29) is 22.7 Å². The van der Waals surface area contributed by atoms with Gasteiger partial charge in [0.05, 0.1) is 28.9 Å². The molecule has 0 bridgehead atoms. The minimum Gasteiger partial charge on any atom is -0.267 e. The van der Waals surface area contributed by atoms with Gasteiger partial charge in [0, 0.05) is 4.47 Å². The van der Waals surface area contributed by atoms with Gasteiger partial charge in [0.1, 0.15) is 0 Å². The van der Waals surface area contributed by atoms with Gasteiger partial charge in [0.25, 0.3) is 15.9 Å². The van der Waals surface area contributed by atoms with Gasteiger partial charge in [-0.3, -0.25) is 9.10 Å². The van der Waals surface area contributed by atoms with E-state index in [1.54, 1.807) is 42.5 Å². The van der Waals surface area contributed by atoms with Crippen molar-refractivity contribution >= 4 is 43.8 Å². The van der Waals surface area contributed by atoms with Gasteiger partial charge in [0.15, 0.2) is 0 Å². The van der Waals surface area contributed by atoms with E-state index >= 15 is 0 Å². The average Bonchev–Trinajstić information content (AvgIpc) is 2.88. The van der Waals surface area contributed by atoms with Crippen LogP contribution in [0.1, 0.15) is 21.5 Å². The van der Waals surface area contributed by atoms with E-state index in [0.29, 0.717) is 0 Å². The van der Waals surface area contributed by atoms with Crippen molar-refractivity contribution in [2.24, 2.45) is 5.10 Å². The van der Waals surface area contributed by atoms with Crippen molar-refractivity contribution in [2.45, 2.75) is 11.4 Å². The predicted molar refractivity (Wildman–Crippen MR) is 142 cm³/mol. The number of amides is 1. The maximum absolute atomic E-state index is 13.7. The van der Waals surface area contributed by atoms with Crippen LogP contribution in [0.25, 0.3) is 0 Å². The van der Waals surface area contributed by atoms with Crippen LogP contribution in [0, 0.1) is 0 Å². The molecule has 4 aromatic carbocycles. The van der Waals surface area contributed by atoms with Gasteiger partial charge in [-0.05, 0) is 47.5 Å². The second-order valence-electron chi connectivity index (χ2n) is 7.58. The van der Waals surface area contributed by atoms with Crippen molar-refractivity contribution < 1.29 is 13.2 Å². The first-order chi connectivity index (χ1) is 16.9. The lowest BCUT2D eigenvalue weighted by atomic mass is 10.1. The van der Waals surface area contributed by atoms with Crippen LogP contribution >= 0.6 is 15.9 Å². The Morgan fingerprint density at radius 3 is 2.23 bits per heavy atom. The Labute approximate surface area is 213 Å². The van der Waals surface area contributed by atoms with Gasteiger partial charge in [0.2, 0.25) is 0 Å². The monoisotopic (exact) mass is 547 g/mol. The number of sulfonamides is 1. The largest absolute Gasteiger partial charge is 0.273 e. The van der Waals surface area contributed by atoms with E-state index in [9.17, 15) is 13.2 Å². The molecule has 0 aliphatic carbocycles. The Kier molecular flexibility index (Phi) is 7.74. The van der Waals surface area contributed by atoms with Crippen LogP contribution in [-0.4, -0.2) is 20.5 Å². The first kappa shape index (κ1) is 24.4. The highest BCUT2D eigenvalue weighted by Gasteiger charge is 2.28. The van der Waals surface area contributed by atoms with Crippen LogP contribution in [0.2, 0.25) is 0 Å². The van der Waals surface area contributed by atoms with Crippen molar-refractivity contribution in [3.63, 3.8) is 0 Å². The molecule has 176 valence electrons. The van der Waals surface area contributed by atoms with Crippen molar-refractivity contribution in [3.05, 3.63) is 130 Å². The molecule has 8 heteroatoms. The number of nitrogens with one attached hydrogen (secondary N) is 1. The summed E-state index contributed by atoms with van der Waals surface area (Å²) in [4.78, 5) is 13.2. The summed E-state index contributed by atoms with van der Waals surface area (Å²) in [7, 11) is -3.97. The Morgan fingerprint density at radius 2 is 1.51 bits per heavy atom. The smallest absolute Gasteiger partial charge is 0.267 e. The highest BCUT2D eigenvalue weighted by atomic mass is 79.9. The molecule has 0 heterocycles. The molecule has 4 aromatic rings. The average molecular weight is 548 g/mol. The van der Waals surface area contributed by atoms with E-state index in [4.69, 9.17) is 0 Å². The number of para-hydroxylation sites is 1. The zero-order valence-electron chi connectivity index (χ0n) is 18.6. The van der Waals surface area contributed by atoms with Gasteiger partial charge in [-0.15, -0.1) is 0 Å². The summed E-state index contributed by atoms with van der Waals surface area (Å²) in [5.74, 6) is -0.520. The van der Waals surface area contributed by atoms with Gasteiger partial charge in [-0.25, -0.2) is 13.8 Å². The van der Waals surface area contributed by atoms with Gasteiger partial charge in [-0.1, -0.05) is 88.7 Å². The summed E-state index contributed by atoms with van der Waals surface area (Å²) in [6, 6.07) is 31.5. The molecule has 0 aliphatic rings. The number of carbonyl (C=O) groups is 1. The molecule has 0 aliphatic heterocycles. The van der Waals surface area contributed by atoms with E-state index in [0.717, 1.165) is 15.6 Å². The molecule has 0 saturated heterocycles. The Balaban J connectivity index is 1.70. The van der Waals surface area contributed by atoms with Gasteiger partial charge in [-0.2, -0.15) is 5.10 Å². The molecule has 0 saturated carbocycles. The third kappa shape index (κ3) is 6.03. The zero-order valence-corrected chi connectivity index (χ0v) is 21.0. The standard InChI is InChI=1S/C27H22BrN3O3S/c28-23-13-9-12-22(18-23)19-29-30-27(32)25-16-7-8-17-26(25)31(20-21-10-3-1-4-11-21)35(33,34)24-14-5-2-6-15-24/h1-19H,20H2,(H,30,32)/b29-19+. The molecule has 0 atom stereocenters. The molecule has 6 nitrogen and oxygen atoms in total. The minimum atomic E-state index is -3.97. The van der Waals surface area contributed by atoms with Crippen LogP contribution in [0.5, 0.6) is 0 Å². The third-order valence-electron chi connectivity index (χ3n) is 5.15. The first-order valence-electron chi connectivity index (χ1n) is 10.7. The SMILES string of the molecule is O=C(N/N=C/c1cccc(Br)c1)c1ccccc1N(Cc1ccccc1)S(=O)(=O)c1ccccc1. The van der Waals surface area contributed by atoms with E-state index in [1.165, 1.54) is 22.7 Å². The topological polar surface area (TPSA) is 78.8 Å². The summed E-state index contributed by atoms with van der Waals surface area (Å²) >= 11 is 3.40. The van der Waals surface area contributed by atoms with Crippen LogP contribution in [0.4, 0.5) is 5.69 Å². The van der Waals surface area contributed by atoms with Crippen molar-refractivity contribution in [1.82, 2.24) is 5.43 Å². The lowest BCUT2D eigenvalue weighted by Gasteiger charge is -2.26. The number of benzene rings is 4. The summed E-state index contributed by atoms with van der Waals surface area (Å²) in [5, 5.41) is 4.05. The molecule has 1 amide bonds. The highest BCUT2D eigenvalue weighted by Crippen LogP contribution is 2.29. The lowest BCUT2D eigenvalue weighted by molar-refractivity contribution is 0.0956. The van der Waals surface area contributed by atoms with Crippen molar-refractivity contribution in [1.29, 1.82) is 0 Å². The molecule has 1 N–H and O–H groups in total. The van der Waals surface area contributed by atoms with Crippen LogP contribution in [0.3, 0.4) is 0 Å². The molecule has 0 radical (unpaired) electrons. The van der Waals surface area contributed by atoms with Crippen LogP contribution in [0.15, 0.2) is 124 Å². The number of nitrogens with zero attached hydrogens (tertiary/aromatic N) is 2. The zero-order chi connectivity index (χ0) is 24.7. The third-order valence-corrected chi connectivity index (χ3v) is 7.41. The summed E-state index contributed by atoms with van der Waals surface area (Å²) < 4.78 is 29.6. The number of anilines is 1. The summed E-state index contributed by atoms with van der Waals surface area (Å²) in [5.41, 5.74) is 4.54. The van der Waals surface area contributed by atoms with Gasteiger partial charge < -0.3 is 0 Å². The fourth-order valence-corrected chi connectivity index (χ4v) is 5.37. The van der Waals surface area contributed by atoms with Crippen LogP contribution < -0.4 is 9.73 Å². The van der Waals surface area contributed by atoms with Gasteiger partial charge >= 0.3 is 0 Å². The molecular formula is C27H22BrN3O3S. The number of hydrogen-bond acceptors (Lipinski definition) is 4. The normalized spacial score (nSPS) is 11.3. The fourth-order valence-electron chi connectivity index (χ4n) is 3.46. The Morgan fingerprint density at radius 1 is 0.857 bits per heavy atom. The van der Waals surface area contributed by atoms with E-state index in [2.05, 4.69) is 26.5 Å². The van der Waals surface area contributed by atoms with Crippen molar-refractivity contribution in [3.8, 4) is 0 Å². The number of hydrazone groups is 1. The molecule has 0 unspecified atom stereocenters. The summed E-state index contributed by atoms with van der Waals surface area (Å²) in [6.07, 6.45) is 1.52. The second-order valence-corrected chi connectivity index (χ2v) is 10.4. The number of hydrogen-bond donors (Lipinski definition) is 1. The molecule has 0 fully saturated rings. The fraction of sp³-hybridized carbons (Fsp3) is 0.0370. The maximum atomic E-state index is 13.7. The molecule has 4 rings (SSSR count). The molecule has 0 aromatic heterocycles. The molecular weight excluding hydrogens is 526 g/mol. The van der Waals surface area contributed by atoms with E-state index < -0.39 is 15.9 Å². The Bertz CT molecular complexity index is 1440. The summed E-state index contributed by atoms with van der Waals surface area (Å²) in [6.45, 7) is 0.0592. The second kappa shape index (κ2) is 11.1. The lowest BCUT2D eigenvalue weighted by Crippen LogP contribution is -2.33. The van der Waals surface area contributed by atoms with Crippen molar-refractivity contribution in [2.75, 3.05) is 4.31 Å². The highest BCUT2D eigenvalue weighted by molar-refractivity contribution is 9.10. The number of halogens is 1. The molecule has 35 heavy (non-hydrogen) atoms. The maximum Gasteiger partial charge on any atom is 0.273 e. The molecule has 0 spiro atoms. The number of rotatable bonds is 8. The predicted octanol–water partition coefficient (Wildman–Crippen LogP) is 5.61. The number of carbonyl (C=O) groups excluding carboxylic acids is 1. The first-order valence-corrected chi connectivity index (χ1v) is 13.0. The van der Waals surface area contributed by atoms with Crippen LogP contribution in [-0.2, 0) is 16.6 Å². The quantitative estimate of drug-likeness (QED) is 0.230. The Hall–Kier alpha value is -3.75. The minimum absolute atomic E-state index is 0.0592.